The molecule has 1 aromatic heterocycles. The fourth-order valence-electron chi connectivity index (χ4n) is 1.25. The van der Waals surface area contributed by atoms with Gasteiger partial charge in [0.25, 0.3) is 0 Å². The van der Waals surface area contributed by atoms with Crippen molar-refractivity contribution in [3.05, 3.63) is 36.5 Å². The summed E-state index contributed by atoms with van der Waals surface area (Å²) in [6.07, 6.45) is 1.86. The molecule has 0 aliphatic carbocycles. The monoisotopic (exact) mass is 162 g/mol. The first-order valence-corrected chi connectivity index (χ1v) is 3.81. The standard InChI is InChI=1S/C9H10N2O/c10-7-12-11-6-5-8-3-1-2-4-9(8)11/h1-6H,7,10H2. The van der Waals surface area contributed by atoms with Crippen molar-refractivity contribution in [3.63, 3.8) is 0 Å². The Bertz CT molecular complexity index is 381. The van der Waals surface area contributed by atoms with Crippen molar-refractivity contribution < 1.29 is 4.84 Å². The Labute approximate surface area is 70.3 Å². The molecule has 0 unspecified atom stereocenters. The molecule has 0 saturated heterocycles. The van der Waals surface area contributed by atoms with Gasteiger partial charge in [0, 0.05) is 11.6 Å². The summed E-state index contributed by atoms with van der Waals surface area (Å²) < 4.78 is 1.68. The molecule has 0 aliphatic rings. The van der Waals surface area contributed by atoms with Crippen molar-refractivity contribution in [1.82, 2.24) is 4.73 Å². The first kappa shape index (κ1) is 7.18. The van der Waals surface area contributed by atoms with Crippen LogP contribution in [-0.2, 0) is 0 Å². The maximum atomic E-state index is 5.27. The minimum Gasteiger partial charge on any atom is -0.398 e. The zero-order chi connectivity index (χ0) is 8.39. The molecule has 2 rings (SSSR count). The van der Waals surface area contributed by atoms with E-state index in [-0.39, 0.29) is 6.73 Å². The molecule has 0 radical (unpaired) electrons. The summed E-state index contributed by atoms with van der Waals surface area (Å²) in [6, 6.07) is 9.98. The number of nitrogens with two attached hydrogens (primary N) is 1. The molecule has 62 valence electrons. The Morgan fingerprint density at radius 3 is 2.92 bits per heavy atom. The lowest BCUT2D eigenvalue weighted by molar-refractivity contribution is 0.126. The van der Waals surface area contributed by atoms with Crippen LogP contribution in [0.2, 0.25) is 0 Å². The summed E-state index contributed by atoms with van der Waals surface area (Å²) >= 11 is 0. The summed E-state index contributed by atoms with van der Waals surface area (Å²) in [5.41, 5.74) is 6.31. The molecule has 0 spiro atoms. The maximum absolute atomic E-state index is 5.27. The lowest BCUT2D eigenvalue weighted by Crippen LogP contribution is -2.17. The van der Waals surface area contributed by atoms with E-state index in [0.717, 1.165) is 10.9 Å². The van der Waals surface area contributed by atoms with Gasteiger partial charge in [-0.25, -0.2) is 0 Å². The molecule has 3 nitrogen and oxygen atoms in total. The van der Waals surface area contributed by atoms with E-state index in [0.29, 0.717) is 0 Å². The molecule has 0 bridgehead atoms. The van der Waals surface area contributed by atoms with Crippen LogP contribution in [0.5, 0.6) is 0 Å². The second-order valence-corrected chi connectivity index (χ2v) is 2.50. The van der Waals surface area contributed by atoms with Crippen molar-refractivity contribution in [2.24, 2.45) is 5.73 Å². The number of hydrogen-bond donors (Lipinski definition) is 1. The number of para-hydroxylation sites is 1. The van der Waals surface area contributed by atoms with Crippen LogP contribution in [-0.4, -0.2) is 11.5 Å². The Morgan fingerprint density at radius 2 is 2.08 bits per heavy atom. The molecule has 0 saturated carbocycles. The third kappa shape index (κ3) is 1.04. The first-order valence-electron chi connectivity index (χ1n) is 3.81. The molecule has 0 aliphatic heterocycles. The molecule has 3 heteroatoms. The van der Waals surface area contributed by atoms with E-state index in [9.17, 15) is 0 Å². The van der Waals surface area contributed by atoms with E-state index in [1.807, 2.05) is 36.5 Å². The molecule has 2 aromatic rings. The van der Waals surface area contributed by atoms with Gasteiger partial charge in [0.2, 0.25) is 0 Å². The molecule has 12 heavy (non-hydrogen) atoms. The summed E-state index contributed by atoms with van der Waals surface area (Å²) in [5, 5.41) is 1.16. The highest BCUT2D eigenvalue weighted by Gasteiger charge is 1.97. The van der Waals surface area contributed by atoms with Gasteiger partial charge in [-0.3, -0.25) is 5.73 Å². The highest BCUT2D eigenvalue weighted by atomic mass is 16.7. The topological polar surface area (TPSA) is 40.2 Å². The van der Waals surface area contributed by atoms with Gasteiger partial charge in [0.05, 0.1) is 5.52 Å². The SMILES string of the molecule is NCOn1ccc2ccccc21. The number of hydrogen-bond acceptors (Lipinski definition) is 2. The van der Waals surface area contributed by atoms with E-state index in [1.54, 1.807) is 4.73 Å². The van der Waals surface area contributed by atoms with Crippen molar-refractivity contribution in [2.75, 3.05) is 6.73 Å². The van der Waals surface area contributed by atoms with Gasteiger partial charge in [0.1, 0.15) is 0 Å². The average Bonchev–Trinajstić information content (AvgIpc) is 2.50. The van der Waals surface area contributed by atoms with E-state index in [4.69, 9.17) is 10.6 Å². The second kappa shape index (κ2) is 2.87. The number of rotatable bonds is 2. The Kier molecular flexibility index (Phi) is 1.72. The highest BCUT2D eigenvalue weighted by Crippen LogP contribution is 2.12. The number of aromatic nitrogens is 1. The van der Waals surface area contributed by atoms with E-state index < -0.39 is 0 Å². The normalized spacial score (nSPS) is 10.4. The van der Waals surface area contributed by atoms with E-state index >= 15 is 0 Å². The summed E-state index contributed by atoms with van der Waals surface area (Å²) in [4.78, 5) is 5.15. The van der Waals surface area contributed by atoms with Crippen LogP contribution in [0.15, 0.2) is 36.5 Å². The molecule has 0 atom stereocenters. The molecule has 1 heterocycles. The van der Waals surface area contributed by atoms with Gasteiger partial charge < -0.3 is 4.84 Å². The van der Waals surface area contributed by atoms with Crippen molar-refractivity contribution in [2.45, 2.75) is 0 Å². The predicted molar refractivity (Wildman–Crippen MR) is 47.6 cm³/mol. The first-order chi connectivity index (χ1) is 5.92. The summed E-state index contributed by atoms with van der Waals surface area (Å²) in [5.74, 6) is 0. The second-order valence-electron chi connectivity index (χ2n) is 2.50. The fourth-order valence-corrected chi connectivity index (χ4v) is 1.25. The van der Waals surface area contributed by atoms with Crippen LogP contribution >= 0.6 is 0 Å². The largest absolute Gasteiger partial charge is 0.398 e. The van der Waals surface area contributed by atoms with Gasteiger partial charge in [-0.2, -0.15) is 4.73 Å². The van der Waals surface area contributed by atoms with Crippen LogP contribution < -0.4 is 10.6 Å². The summed E-state index contributed by atoms with van der Waals surface area (Å²) in [6.45, 7) is 0.193. The van der Waals surface area contributed by atoms with Crippen LogP contribution in [0.3, 0.4) is 0 Å². The van der Waals surface area contributed by atoms with Crippen molar-refractivity contribution >= 4 is 10.9 Å². The number of nitrogens with zero attached hydrogens (tertiary/aromatic N) is 1. The van der Waals surface area contributed by atoms with E-state index in [2.05, 4.69) is 0 Å². The Balaban J connectivity index is 2.55. The molecular formula is C9H10N2O. The fraction of sp³-hybridized carbons (Fsp3) is 0.111. The van der Waals surface area contributed by atoms with Crippen molar-refractivity contribution in [3.8, 4) is 0 Å². The predicted octanol–water partition coefficient (Wildman–Crippen LogP) is 0.986. The quantitative estimate of drug-likeness (QED) is 0.669. The zero-order valence-electron chi connectivity index (χ0n) is 6.60. The third-order valence-electron chi connectivity index (χ3n) is 1.78. The Hall–Kier alpha value is -1.48. The minimum atomic E-state index is 0.193. The average molecular weight is 162 g/mol. The van der Waals surface area contributed by atoms with Crippen LogP contribution in [0, 0.1) is 0 Å². The highest BCUT2D eigenvalue weighted by molar-refractivity contribution is 5.79. The third-order valence-corrected chi connectivity index (χ3v) is 1.78. The molecule has 0 fully saturated rings. The zero-order valence-corrected chi connectivity index (χ0v) is 6.60. The van der Waals surface area contributed by atoms with Gasteiger partial charge in [-0.15, -0.1) is 0 Å². The minimum absolute atomic E-state index is 0.193. The number of fused-ring (bicyclic) bond motifs is 1. The van der Waals surface area contributed by atoms with Crippen molar-refractivity contribution in [1.29, 1.82) is 0 Å². The lowest BCUT2D eigenvalue weighted by Gasteiger charge is -2.03. The van der Waals surface area contributed by atoms with Gasteiger partial charge in [-0.1, -0.05) is 18.2 Å². The van der Waals surface area contributed by atoms with E-state index in [1.165, 1.54) is 0 Å². The maximum Gasteiger partial charge on any atom is 0.163 e. The molecule has 2 N–H and O–H groups in total. The van der Waals surface area contributed by atoms with Gasteiger partial charge in [-0.05, 0) is 12.1 Å². The number of benzene rings is 1. The smallest absolute Gasteiger partial charge is 0.163 e. The van der Waals surface area contributed by atoms with Gasteiger partial charge in [0.15, 0.2) is 6.73 Å². The van der Waals surface area contributed by atoms with Gasteiger partial charge >= 0.3 is 0 Å². The lowest BCUT2D eigenvalue weighted by atomic mass is 10.3. The molecule has 0 amide bonds. The van der Waals surface area contributed by atoms with Crippen LogP contribution in [0.25, 0.3) is 10.9 Å². The molecule has 1 aromatic carbocycles. The summed E-state index contributed by atoms with van der Waals surface area (Å²) in [7, 11) is 0. The van der Waals surface area contributed by atoms with Crippen LogP contribution in [0.1, 0.15) is 0 Å². The molecular weight excluding hydrogens is 152 g/mol. The van der Waals surface area contributed by atoms with Crippen LogP contribution in [0.4, 0.5) is 0 Å². The Morgan fingerprint density at radius 1 is 1.25 bits per heavy atom.